The summed E-state index contributed by atoms with van der Waals surface area (Å²) < 4.78 is 1.01. The lowest BCUT2D eigenvalue weighted by atomic mass is 9.90. The molecule has 0 atom stereocenters. The zero-order chi connectivity index (χ0) is 14.8. The Labute approximate surface area is 138 Å². The number of rotatable bonds is 3. The second-order valence-corrected chi connectivity index (χ2v) is 6.69. The molecule has 0 saturated carbocycles. The van der Waals surface area contributed by atoms with Crippen LogP contribution in [0.25, 0.3) is 0 Å². The first-order valence-electron chi connectivity index (χ1n) is 7.12. The van der Waals surface area contributed by atoms with Crippen LogP contribution < -0.4 is 11.1 Å². The summed E-state index contributed by atoms with van der Waals surface area (Å²) in [7, 11) is 0. The molecule has 0 unspecified atom stereocenters. The van der Waals surface area contributed by atoms with E-state index in [4.69, 9.17) is 18.0 Å². The lowest BCUT2D eigenvalue weighted by Crippen LogP contribution is -2.13. The van der Waals surface area contributed by atoms with Crippen molar-refractivity contribution >= 4 is 44.5 Å². The minimum atomic E-state index is 0.412. The van der Waals surface area contributed by atoms with Gasteiger partial charge < -0.3 is 11.1 Å². The summed E-state index contributed by atoms with van der Waals surface area (Å²) in [5.41, 5.74) is 11.7. The molecule has 3 N–H and O–H groups in total. The number of thiocarbonyl (C=S) groups is 1. The first-order chi connectivity index (χ1) is 10.1. The van der Waals surface area contributed by atoms with Crippen molar-refractivity contribution in [3.8, 4) is 0 Å². The molecule has 0 aromatic heterocycles. The number of benzene rings is 2. The number of anilines is 2. The Bertz CT molecular complexity index is 697. The van der Waals surface area contributed by atoms with E-state index in [9.17, 15) is 0 Å². The van der Waals surface area contributed by atoms with Crippen molar-refractivity contribution in [2.45, 2.75) is 25.7 Å². The van der Waals surface area contributed by atoms with Crippen LogP contribution in [0.3, 0.4) is 0 Å². The second kappa shape index (κ2) is 6.16. The fraction of sp³-hybridized carbons (Fsp3) is 0.235. The summed E-state index contributed by atoms with van der Waals surface area (Å²) in [6.45, 7) is 0. The smallest absolute Gasteiger partial charge is 0.106 e. The average molecular weight is 361 g/mol. The number of aryl methyl sites for hydroxylation is 1. The Kier molecular flexibility index (Phi) is 4.27. The van der Waals surface area contributed by atoms with Crippen LogP contribution in [-0.2, 0) is 12.8 Å². The van der Waals surface area contributed by atoms with Crippen molar-refractivity contribution in [2.75, 3.05) is 5.32 Å². The number of hydrogen-bond acceptors (Lipinski definition) is 2. The van der Waals surface area contributed by atoms with Gasteiger partial charge in [0.05, 0.1) is 0 Å². The monoisotopic (exact) mass is 360 g/mol. The molecule has 1 aliphatic rings. The zero-order valence-corrected chi connectivity index (χ0v) is 14.1. The predicted octanol–water partition coefficient (Wildman–Crippen LogP) is 4.71. The Morgan fingerprint density at radius 2 is 1.90 bits per heavy atom. The lowest BCUT2D eigenvalue weighted by Gasteiger charge is -2.21. The largest absolute Gasteiger partial charge is 0.389 e. The van der Waals surface area contributed by atoms with Gasteiger partial charge in [-0.05, 0) is 61.1 Å². The van der Waals surface area contributed by atoms with Crippen LogP contribution in [0, 0.1) is 0 Å². The SMILES string of the molecule is NC(=S)c1ccc(Br)cc1Nc1cccc2c1CCCC2. The summed E-state index contributed by atoms with van der Waals surface area (Å²) in [6, 6.07) is 12.4. The van der Waals surface area contributed by atoms with Crippen LogP contribution in [0.1, 0.15) is 29.5 Å². The van der Waals surface area contributed by atoms with Crippen molar-refractivity contribution in [1.29, 1.82) is 0 Å². The van der Waals surface area contributed by atoms with Crippen LogP contribution in [-0.4, -0.2) is 4.99 Å². The molecule has 0 radical (unpaired) electrons. The standard InChI is InChI=1S/C17H17BrN2S/c18-12-8-9-14(17(19)21)16(10-12)20-15-7-3-5-11-4-1-2-6-13(11)15/h3,5,7-10,20H,1-2,4,6H2,(H2,19,21). The molecule has 0 bridgehead atoms. The maximum atomic E-state index is 5.83. The van der Waals surface area contributed by atoms with Gasteiger partial charge in [0.15, 0.2) is 0 Å². The summed E-state index contributed by atoms with van der Waals surface area (Å²) >= 11 is 8.66. The molecule has 0 saturated heterocycles. The number of fused-ring (bicyclic) bond motifs is 1. The van der Waals surface area contributed by atoms with Crippen LogP contribution in [0.2, 0.25) is 0 Å². The normalized spacial score (nSPS) is 13.6. The van der Waals surface area contributed by atoms with Gasteiger partial charge >= 0.3 is 0 Å². The van der Waals surface area contributed by atoms with Crippen molar-refractivity contribution in [1.82, 2.24) is 0 Å². The van der Waals surface area contributed by atoms with Crippen molar-refractivity contribution in [2.24, 2.45) is 5.73 Å². The molecule has 0 heterocycles. The molecule has 4 heteroatoms. The number of nitrogens with two attached hydrogens (primary N) is 1. The van der Waals surface area contributed by atoms with Gasteiger partial charge in [-0.3, -0.25) is 0 Å². The van der Waals surface area contributed by atoms with E-state index in [-0.39, 0.29) is 0 Å². The van der Waals surface area contributed by atoms with Gasteiger partial charge in [0.1, 0.15) is 4.99 Å². The summed E-state index contributed by atoms with van der Waals surface area (Å²) in [5, 5.41) is 3.53. The van der Waals surface area contributed by atoms with Gasteiger partial charge in [-0.1, -0.05) is 40.3 Å². The average Bonchev–Trinajstić information content (AvgIpc) is 2.47. The fourth-order valence-electron chi connectivity index (χ4n) is 2.88. The first-order valence-corrected chi connectivity index (χ1v) is 8.32. The molecule has 2 aromatic rings. The minimum Gasteiger partial charge on any atom is -0.389 e. The van der Waals surface area contributed by atoms with Crippen LogP contribution >= 0.6 is 28.1 Å². The number of halogens is 1. The molecular formula is C17H17BrN2S. The molecular weight excluding hydrogens is 344 g/mol. The van der Waals surface area contributed by atoms with E-state index in [0.29, 0.717) is 4.99 Å². The third kappa shape index (κ3) is 3.11. The highest BCUT2D eigenvalue weighted by Gasteiger charge is 2.14. The second-order valence-electron chi connectivity index (χ2n) is 5.33. The third-order valence-electron chi connectivity index (χ3n) is 3.91. The first kappa shape index (κ1) is 14.5. The van der Waals surface area contributed by atoms with Crippen molar-refractivity contribution in [3.63, 3.8) is 0 Å². The van der Waals surface area contributed by atoms with Gasteiger partial charge in [-0.25, -0.2) is 0 Å². The van der Waals surface area contributed by atoms with Crippen LogP contribution in [0.4, 0.5) is 11.4 Å². The molecule has 0 amide bonds. The molecule has 21 heavy (non-hydrogen) atoms. The Morgan fingerprint density at radius 1 is 1.10 bits per heavy atom. The van der Waals surface area contributed by atoms with E-state index in [1.165, 1.54) is 36.1 Å². The molecule has 108 valence electrons. The summed E-state index contributed by atoms with van der Waals surface area (Å²) in [5.74, 6) is 0. The maximum absolute atomic E-state index is 5.83. The predicted molar refractivity (Wildman–Crippen MR) is 96.4 cm³/mol. The van der Waals surface area contributed by atoms with E-state index in [2.05, 4.69) is 39.4 Å². The molecule has 3 rings (SSSR count). The van der Waals surface area contributed by atoms with Gasteiger partial charge in [-0.15, -0.1) is 0 Å². The molecule has 0 aliphatic heterocycles. The van der Waals surface area contributed by atoms with E-state index in [1.54, 1.807) is 0 Å². The maximum Gasteiger partial charge on any atom is 0.106 e. The summed E-state index contributed by atoms with van der Waals surface area (Å²) in [4.78, 5) is 0.412. The highest BCUT2D eigenvalue weighted by atomic mass is 79.9. The van der Waals surface area contributed by atoms with E-state index in [1.807, 2.05) is 18.2 Å². The van der Waals surface area contributed by atoms with E-state index >= 15 is 0 Å². The van der Waals surface area contributed by atoms with Gasteiger partial charge in [0.2, 0.25) is 0 Å². The molecule has 1 aliphatic carbocycles. The quantitative estimate of drug-likeness (QED) is 0.778. The molecule has 0 spiro atoms. The van der Waals surface area contributed by atoms with Crippen LogP contribution in [0.5, 0.6) is 0 Å². The zero-order valence-electron chi connectivity index (χ0n) is 11.7. The highest BCUT2D eigenvalue weighted by molar-refractivity contribution is 9.10. The minimum absolute atomic E-state index is 0.412. The van der Waals surface area contributed by atoms with Crippen molar-refractivity contribution in [3.05, 3.63) is 57.6 Å². The van der Waals surface area contributed by atoms with Gasteiger partial charge in [0.25, 0.3) is 0 Å². The summed E-state index contributed by atoms with van der Waals surface area (Å²) in [6.07, 6.45) is 4.85. The Balaban J connectivity index is 2.01. The topological polar surface area (TPSA) is 38.0 Å². The van der Waals surface area contributed by atoms with E-state index in [0.717, 1.165) is 22.1 Å². The Hall–Kier alpha value is -1.39. The molecule has 2 aromatic carbocycles. The van der Waals surface area contributed by atoms with Gasteiger partial charge in [0, 0.05) is 21.4 Å². The third-order valence-corrected chi connectivity index (χ3v) is 4.63. The fourth-order valence-corrected chi connectivity index (χ4v) is 3.42. The molecule has 0 fully saturated rings. The number of hydrogen-bond donors (Lipinski definition) is 2. The van der Waals surface area contributed by atoms with Crippen molar-refractivity contribution < 1.29 is 0 Å². The Morgan fingerprint density at radius 3 is 2.71 bits per heavy atom. The molecule has 2 nitrogen and oxygen atoms in total. The van der Waals surface area contributed by atoms with E-state index < -0.39 is 0 Å². The van der Waals surface area contributed by atoms with Crippen LogP contribution in [0.15, 0.2) is 40.9 Å². The highest BCUT2D eigenvalue weighted by Crippen LogP contribution is 2.32. The number of nitrogens with one attached hydrogen (secondary N) is 1. The van der Waals surface area contributed by atoms with Gasteiger partial charge in [-0.2, -0.15) is 0 Å². The lowest BCUT2D eigenvalue weighted by molar-refractivity contribution is 0.687.